The molecule has 1 aromatic heterocycles. The molecule has 5 heteroatoms. The van der Waals surface area contributed by atoms with Crippen molar-refractivity contribution in [1.82, 2.24) is 4.37 Å². The van der Waals surface area contributed by atoms with Gasteiger partial charge in [0.05, 0.1) is 10.9 Å². The van der Waals surface area contributed by atoms with Crippen LogP contribution in [0.15, 0.2) is 64.8 Å². The zero-order chi connectivity index (χ0) is 16.7. The van der Waals surface area contributed by atoms with Gasteiger partial charge in [0.15, 0.2) is 0 Å². The number of fused-ring (bicyclic) bond motifs is 1. The van der Waals surface area contributed by atoms with Crippen LogP contribution < -0.4 is 0 Å². The summed E-state index contributed by atoms with van der Waals surface area (Å²) >= 11 is 3.30. The van der Waals surface area contributed by atoms with Crippen LogP contribution in [0.5, 0.6) is 0 Å². The second-order valence-corrected chi connectivity index (χ2v) is 8.56. The molecule has 0 amide bonds. The first kappa shape index (κ1) is 17.5. The van der Waals surface area contributed by atoms with Crippen molar-refractivity contribution >= 4 is 39.6 Å². The predicted molar refractivity (Wildman–Crippen MR) is 101 cm³/mol. The van der Waals surface area contributed by atoms with Crippen LogP contribution >= 0.6 is 23.3 Å². The van der Waals surface area contributed by atoms with Gasteiger partial charge in [-0.15, -0.1) is 11.8 Å². The second-order valence-electron chi connectivity index (χ2n) is 5.86. The Morgan fingerprint density at radius 2 is 1.78 bits per heavy atom. The molecule has 1 N–H and O–H groups in total. The van der Waals surface area contributed by atoms with E-state index in [1.54, 1.807) is 11.8 Å². The van der Waals surface area contributed by atoms with E-state index in [-0.39, 0.29) is 4.75 Å². The first-order chi connectivity index (χ1) is 11.0. The molecule has 0 aliphatic heterocycles. The van der Waals surface area contributed by atoms with Crippen LogP contribution in [0.25, 0.3) is 10.1 Å². The van der Waals surface area contributed by atoms with Gasteiger partial charge in [0, 0.05) is 26.8 Å². The van der Waals surface area contributed by atoms with E-state index < -0.39 is 0 Å². The summed E-state index contributed by atoms with van der Waals surface area (Å²) in [6, 6.07) is 16.1. The smallest absolute Gasteiger partial charge is 0.0745 e. The third-order valence-electron chi connectivity index (χ3n) is 2.79. The van der Waals surface area contributed by atoms with Gasteiger partial charge in [-0.25, -0.2) is 0 Å². The molecular weight excluding hydrogens is 324 g/mol. The van der Waals surface area contributed by atoms with E-state index in [1.807, 2.05) is 42.6 Å². The van der Waals surface area contributed by atoms with E-state index in [2.05, 4.69) is 42.4 Å². The van der Waals surface area contributed by atoms with E-state index in [1.165, 1.54) is 27.8 Å². The summed E-state index contributed by atoms with van der Waals surface area (Å²) in [6.07, 6.45) is 3.36. The van der Waals surface area contributed by atoms with Crippen molar-refractivity contribution in [2.75, 3.05) is 0 Å². The molecule has 3 aromatic rings. The topological polar surface area (TPSA) is 45.5 Å². The molecule has 0 aliphatic rings. The number of thioether (sulfide) groups is 1. The van der Waals surface area contributed by atoms with Crippen molar-refractivity contribution in [1.29, 1.82) is 0 Å². The first-order valence-electron chi connectivity index (χ1n) is 7.24. The molecule has 0 saturated heterocycles. The van der Waals surface area contributed by atoms with E-state index >= 15 is 0 Å². The summed E-state index contributed by atoms with van der Waals surface area (Å²) in [7, 11) is 0. The third-order valence-corrected chi connectivity index (χ3v) is 4.78. The maximum absolute atomic E-state index is 8.50. The Balaban J connectivity index is 0.000000182. The van der Waals surface area contributed by atoms with Gasteiger partial charge >= 0.3 is 0 Å². The summed E-state index contributed by atoms with van der Waals surface area (Å²) in [5, 5.41) is 12.8. The monoisotopic (exact) mass is 344 g/mol. The zero-order valence-corrected chi connectivity index (χ0v) is 15.1. The van der Waals surface area contributed by atoms with Crippen molar-refractivity contribution < 1.29 is 5.21 Å². The molecule has 2 aromatic carbocycles. The molecule has 120 valence electrons. The molecule has 0 fully saturated rings. The number of aromatic nitrogens is 1. The van der Waals surface area contributed by atoms with E-state index in [4.69, 9.17) is 5.21 Å². The predicted octanol–water partition coefficient (Wildman–Crippen LogP) is 5.68. The highest BCUT2D eigenvalue weighted by Crippen LogP contribution is 2.33. The van der Waals surface area contributed by atoms with E-state index in [9.17, 15) is 0 Å². The average Bonchev–Trinajstić information content (AvgIpc) is 2.97. The lowest BCUT2D eigenvalue weighted by Crippen LogP contribution is -2.07. The third kappa shape index (κ3) is 5.69. The molecule has 0 saturated carbocycles. The van der Waals surface area contributed by atoms with Gasteiger partial charge in [-0.2, -0.15) is 4.37 Å². The standard InChI is InChI=1S/C11H15NOS.C7H5NS/c1-11(2,3)14-10-7-5-4-6-9(10)8-12-13;1-2-4-7-6(3-1)5-8-9-7/h4-8,13H,1-3H3;1-5H. The van der Waals surface area contributed by atoms with Crippen molar-refractivity contribution in [3.05, 3.63) is 60.3 Å². The fourth-order valence-corrected chi connectivity index (χ4v) is 3.57. The Morgan fingerprint density at radius 1 is 1.09 bits per heavy atom. The highest BCUT2D eigenvalue weighted by molar-refractivity contribution is 8.00. The van der Waals surface area contributed by atoms with Gasteiger partial charge in [-0.3, -0.25) is 0 Å². The number of oxime groups is 1. The average molecular weight is 345 g/mol. The molecule has 23 heavy (non-hydrogen) atoms. The fourth-order valence-electron chi connectivity index (χ4n) is 1.88. The van der Waals surface area contributed by atoms with Crippen LogP contribution in [0.3, 0.4) is 0 Å². The molecular formula is C18H20N2OS2. The molecule has 0 atom stereocenters. The minimum absolute atomic E-state index is 0.166. The fraction of sp³-hybridized carbons (Fsp3) is 0.222. The Labute approximate surface area is 145 Å². The van der Waals surface area contributed by atoms with Gasteiger partial charge in [0.25, 0.3) is 0 Å². The number of hydrogen-bond acceptors (Lipinski definition) is 5. The molecule has 0 radical (unpaired) electrons. The molecule has 0 aliphatic carbocycles. The highest BCUT2D eigenvalue weighted by atomic mass is 32.2. The Morgan fingerprint density at radius 3 is 2.48 bits per heavy atom. The van der Waals surface area contributed by atoms with Crippen LogP contribution in [0.2, 0.25) is 0 Å². The molecule has 1 heterocycles. The Bertz CT molecular complexity index is 746. The van der Waals surface area contributed by atoms with Crippen molar-refractivity contribution in [2.24, 2.45) is 5.16 Å². The lowest BCUT2D eigenvalue weighted by molar-refractivity contribution is 0.322. The summed E-state index contributed by atoms with van der Waals surface area (Å²) in [5.41, 5.74) is 0.954. The van der Waals surface area contributed by atoms with Crippen molar-refractivity contribution in [3.8, 4) is 0 Å². The number of nitrogens with zero attached hydrogens (tertiary/aromatic N) is 2. The largest absolute Gasteiger partial charge is 0.411 e. The Kier molecular flexibility index (Phi) is 6.19. The summed E-state index contributed by atoms with van der Waals surface area (Å²) in [5.74, 6) is 0. The molecule has 0 unspecified atom stereocenters. The van der Waals surface area contributed by atoms with Gasteiger partial charge in [-0.1, -0.05) is 62.3 Å². The van der Waals surface area contributed by atoms with Crippen LogP contribution in [0, 0.1) is 0 Å². The quantitative estimate of drug-likeness (QED) is 0.281. The van der Waals surface area contributed by atoms with Crippen LogP contribution in [0.1, 0.15) is 26.3 Å². The maximum Gasteiger partial charge on any atom is 0.0745 e. The number of hydrogen-bond donors (Lipinski definition) is 1. The van der Waals surface area contributed by atoms with Crippen molar-refractivity contribution in [2.45, 2.75) is 30.4 Å². The minimum Gasteiger partial charge on any atom is -0.411 e. The van der Waals surface area contributed by atoms with E-state index in [0.717, 1.165) is 10.5 Å². The second kappa shape index (κ2) is 8.13. The van der Waals surface area contributed by atoms with Gasteiger partial charge in [-0.05, 0) is 23.7 Å². The number of rotatable bonds is 2. The SMILES string of the molecule is CC(C)(C)Sc1ccccc1C=NO.c1ccc2sncc2c1. The van der Waals surface area contributed by atoms with E-state index in [0.29, 0.717) is 0 Å². The van der Waals surface area contributed by atoms with Crippen LogP contribution in [0.4, 0.5) is 0 Å². The molecule has 3 rings (SSSR count). The summed E-state index contributed by atoms with van der Waals surface area (Å²) < 4.78 is 5.47. The summed E-state index contributed by atoms with van der Waals surface area (Å²) in [6.45, 7) is 6.47. The number of benzene rings is 2. The Hall–Kier alpha value is -1.85. The first-order valence-corrected chi connectivity index (χ1v) is 8.83. The van der Waals surface area contributed by atoms with Crippen LogP contribution in [-0.2, 0) is 0 Å². The summed E-state index contributed by atoms with van der Waals surface area (Å²) in [4.78, 5) is 1.14. The van der Waals surface area contributed by atoms with Crippen molar-refractivity contribution in [3.63, 3.8) is 0 Å². The minimum atomic E-state index is 0.166. The normalized spacial score (nSPS) is 11.4. The van der Waals surface area contributed by atoms with Gasteiger partial charge < -0.3 is 5.21 Å². The van der Waals surface area contributed by atoms with Gasteiger partial charge in [0.2, 0.25) is 0 Å². The lowest BCUT2D eigenvalue weighted by atomic mass is 10.2. The molecule has 3 nitrogen and oxygen atoms in total. The maximum atomic E-state index is 8.50. The van der Waals surface area contributed by atoms with Crippen LogP contribution in [-0.4, -0.2) is 20.5 Å². The molecule has 0 spiro atoms. The zero-order valence-electron chi connectivity index (χ0n) is 13.4. The molecule has 0 bridgehead atoms. The highest BCUT2D eigenvalue weighted by Gasteiger charge is 2.13. The van der Waals surface area contributed by atoms with Gasteiger partial charge in [0.1, 0.15) is 0 Å². The lowest BCUT2D eigenvalue weighted by Gasteiger charge is -2.18.